The van der Waals surface area contributed by atoms with Crippen molar-refractivity contribution in [3.63, 3.8) is 0 Å². The summed E-state index contributed by atoms with van der Waals surface area (Å²) in [6, 6.07) is 4.93. The van der Waals surface area contributed by atoms with E-state index in [0.29, 0.717) is 43.3 Å². The number of benzene rings is 1. The number of hydrogen-bond donors (Lipinski definition) is 3. The molecule has 27 heavy (non-hydrogen) atoms. The van der Waals surface area contributed by atoms with Gasteiger partial charge in [0.2, 0.25) is 5.91 Å². The van der Waals surface area contributed by atoms with Gasteiger partial charge in [-0.2, -0.15) is 0 Å². The summed E-state index contributed by atoms with van der Waals surface area (Å²) in [5.41, 5.74) is 1.26. The maximum Gasteiger partial charge on any atom is 0.319 e. The van der Waals surface area contributed by atoms with Crippen molar-refractivity contribution < 1.29 is 19.1 Å². The number of piperazine rings is 1. The Bertz CT molecular complexity index is 724. The predicted octanol–water partition coefficient (Wildman–Crippen LogP) is 0.375. The quantitative estimate of drug-likeness (QED) is 0.624. The molecule has 146 valence electrons. The summed E-state index contributed by atoms with van der Waals surface area (Å²) in [5, 5.41) is 8.37. The second kappa shape index (κ2) is 8.72. The topological polar surface area (TPSA) is 103 Å². The van der Waals surface area contributed by atoms with Gasteiger partial charge >= 0.3 is 6.03 Å². The van der Waals surface area contributed by atoms with Crippen molar-refractivity contribution in [3.8, 4) is 5.75 Å². The number of urea groups is 1. The van der Waals surface area contributed by atoms with E-state index in [4.69, 9.17) is 4.74 Å². The highest BCUT2D eigenvalue weighted by Crippen LogP contribution is 2.34. The molecular formula is C18H25N5O4. The molecule has 1 aromatic rings. The van der Waals surface area contributed by atoms with Crippen molar-refractivity contribution in [1.82, 2.24) is 15.5 Å². The van der Waals surface area contributed by atoms with Crippen LogP contribution in [0.25, 0.3) is 0 Å². The Balaban J connectivity index is 1.46. The number of hydrogen-bond acceptors (Lipinski definition) is 5. The van der Waals surface area contributed by atoms with Crippen LogP contribution in [0.1, 0.15) is 13.3 Å². The van der Waals surface area contributed by atoms with Crippen LogP contribution in [0.5, 0.6) is 5.75 Å². The zero-order valence-corrected chi connectivity index (χ0v) is 15.4. The largest absolute Gasteiger partial charge is 0.482 e. The number of rotatable bonds is 6. The molecule has 9 heteroatoms. The van der Waals surface area contributed by atoms with Crippen LogP contribution in [0.15, 0.2) is 18.2 Å². The molecule has 3 rings (SSSR count). The molecule has 2 heterocycles. The van der Waals surface area contributed by atoms with Crippen molar-refractivity contribution in [2.24, 2.45) is 0 Å². The highest BCUT2D eigenvalue weighted by Gasteiger charge is 2.24. The van der Waals surface area contributed by atoms with Gasteiger partial charge in [-0.05, 0) is 31.5 Å². The van der Waals surface area contributed by atoms with Gasteiger partial charge in [0.05, 0.1) is 12.2 Å². The molecule has 0 aliphatic carbocycles. The van der Waals surface area contributed by atoms with Gasteiger partial charge in [0.25, 0.3) is 5.91 Å². The van der Waals surface area contributed by atoms with Crippen LogP contribution in [0.4, 0.5) is 16.2 Å². The van der Waals surface area contributed by atoms with E-state index in [1.807, 2.05) is 6.92 Å². The average molecular weight is 375 g/mol. The zero-order valence-electron chi connectivity index (χ0n) is 15.4. The normalized spacial score (nSPS) is 17.0. The van der Waals surface area contributed by atoms with E-state index in [9.17, 15) is 14.4 Å². The minimum Gasteiger partial charge on any atom is -0.482 e. The lowest BCUT2D eigenvalue weighted by molar-refractivity contribution is -0.124. The van der Waals surface area contributed by atoms with Gasteiger partial charge in [0.1, 0.15) is 5.75 Å². The molecule has 0 unspecified atom stereocenters. The Morgan fingerprint density at radius 1 is 1.33 bits per heavy atom. The first-order valence-electron chi connectivity index (χ1n) is 9.18. The van der Waals surface area contributed by atoms with Crippen LogP contribution in [-0.4, -0.2) is 68.6 Å². The van der Waals surface area contributed by atoms with Gasteiger partial charge in [0.15, 0.2) is 6.61 Å². The van der Waals surface area contributed by atoms with E-state index in [1.54, 1.807) is 23.1 Å². The fourth-order valence-corrected chi connectivity index (χ4v) is 3.19. The van der Waals surface area contributed by atoms with Gasteiger partial charge < -0.3 is 25.6 Å². The van der Waals surface area contributed by atoms with Gasteiger partial charge in [-0.3, -0.25) is 14.5 Å². The third-order valence-electron chi connectivity index (χ3n) is 4.53. The highest BCUT2D eigenvalue weighted by molar-refractivity contribution is 5.99. The standard InChI is InChI=1S/C18H25N5O4/c1-2-23-14-10-13(4-5-15(14)27-12-17(23)25)21-18(26)20-6-3-8-22-9-7-19-16(24)11-22/h4-5,10H,2-3,6-9,11-12H2,1H3,(H,19,24)(H2,20,21,26). The second-order valence-electron chi connectivity index (χ2n) is 6.47. The molecule has 2 aliphatic heterocycles. The average Bonchev–Trinajstić information content (AvgIpc) is 2.65. The van der Waals surface area contributed by atoms with Crippen molar-refractivity contribution in [1.29, 1.82) is 0 Å². The number of ether oxygens (including phenoxy) is 1. The molecule has 0 radical (unpaired) electrons. The number of carbonyl (C=O) groups is 3. The Morgan fingerprint density at radius 2 is 2.19 bits per heavy atom. The van der Waals surface area contributed by atoms with Crippen LogP contribution in [0, 0.1) is 0 Å². The maximum absolute atomic E-state index is 12.1. The molecule has 0 spiro atoms. The molecule has 0 aromatic heterocycles. The molecule has 0 bridgehead atoms. The number of anilines is 2. The van der Waals surface area contributed by atoms with Gasteiger partial charge in [-0.25, -0.2) is 4.79 Å². The molecule has 2 aliphatic rings. The summed E-state index contributed by atoms with van der Waals surface area (Å²) < 4.78 is 5.42. The van der Waals surface area contributed by atoms with Crippen LogP contribution in [0.3, 0.4) is 0 Å². The summed E-state index contributed by atoms with van der Waals surface area (Å²) in [5.74, 6) is 0.578. The highest BCUT2D eigenvalue weighted by atomic mass is 16.5. The summed E-state index contributed by atoms with van der Waals surface area (Å²) in [6.45, 7) is 5.66. The van der Waals surface area contributed by atoms with Gasteiger partial charge in [-0.15, -0.1) is 0 Å². The van der Waals surface area contributed by atoms with E-state index in [-0.39, 0.29) is 24.5 Å². The van der Waals surface area contributed by atoms with Crippen molar-refractivity contribution in [3.05, 3.63) is 18.2 Å². The lowest BCUT2D eigenvalue weighted by Crippen LogP contribution is -2.48. The number of fused-ring (bicyclic) bond motifs is 1. The van der Waals surface area contributed by atoms with Crippen molar-refractivity contribution in [2.75, 3.05) is 56.1 Å². The first-order chi connectivity index (χ1) is 13.1. The summed E-state index contributed by atoms with van der Waals surface area (Å²) in [6.07, 6.45) is 0.761. The zero-order chi connectivity index (χ0) is 19.2. The Labute approximate surface area is 158 Å². The van der Waals surface area contributed by atoms with E-state index in [1.165, 1.54) is 0 Å². The predicted molar refractivity (Wildman–Crippen MR) is 101 cm³/mol. The first kappa shape index (κ1) is 19.0. The van der Waals surface area contributed by atoms with Crippen molar-refractivity contribution >= 4 is 29.2 Å². The molecule has 0 saturated carbocycles. The minimum atomic E-state index is -0.308. The summed E-state index contributed by atoms with van der Waals surface area (Å²) in [7, 11) is 0. The van der Waals surface area contributed by atoms with E-state index in [2.05, 4.69) is 20.9 Å². The minimum absolute atomic E-state index is 0.0345. The molecule has 1 saturated heterocycles. The number of amides is 4. The van der Waals surface area contributed by atoms with Crippen LogP contribution < -0.4 is 25.6 Å². The molecular weight excluding hydrogens is 350 g/mol. The van der Waals surface area contributed by atoms with Crippen molar-refractivity contribution in [2.45, 2.75) is 13.3 Å². The monoisotopic (exact) mass is 375 g/mol. The summed E-state index contributed by atoms with van der Waals surface area (Å²) >= 11 is 0. The molecule has 1 aromatic carbocycles. The maximum atomic E-state index is 12.1. The number of nitrogens with one attached hydrogen (secondary N) is 3. The fourth-order valence-electron chi connectivity index (χ4n) is 3.19. The Kier molecular flexibility index (Phi) is 6.12. The second-order valence-corrected chi connectivity index (χ2v) is 6.47. The molecule has 3 N–H and O–H groups in total. The van der Waals surface area contributed by atoms with Gasteiger partial charge in [-0.1, -0.05) is 0 Å². The smallest absolute Gasteiger partial charge is 0.319 e. The van der Waals surface area contributed by atoms with E-state index in [0.717, 1.165) is 19.5 Å². The van der Waals surface area contributed by atoms with Gasteiger partial charge in [0, 0.05) is 38.4 Å². The number of carbonyl (C=O) groups excluding carboxylic acids is 3. The summed E-state index contributed by atoms with van der Waals surface area (Å²) in [4.78, 5) is 39.0. The fraction of sp³-hybridized carbons (Fsp3) is 0.500. The number of nitrogens with zero attached hydrogens (tertiary/aromatic N) is 2. The van der Waals surface area contributed by atoms with Crippen LogP contribution in [-0.2, 0) is 9.59 Å². The third kappa shape index (κ3) is 4.88. The Morgan fingerprint density at radius 3 is 2.96 bits per heavy atom. The lowest BCUT2D eigenvalue weighted by Gasteiger charge is -2.28. The molecule has 0 atom stereocenters. The van der Waals surface area contributed by atoms with E-state index < -0.39 is 0 Å². The molecule has 9 nitrogen and oxygen atoms in total. The Hall–Kier alpha value is -2.81. The number of likely N-dealkylation sites (N-methyl/N-ethyl adjacent to an activating group) is 1. The molecule has 1 fully saturated rings. The van der Waals surface area contributed by atoms with Crippen LogP contribution in [0.2, 0.25) is 0 Å². The third-order valence-corrected chi connectivity index (χ3v) is 4.53. The van der Waals surface area contributed by atoms with Crippen LogP contribution >= 0.6 is 0 Å². The lowest BCUT2D eigenvalue weighted by atomic mass is 10.2. The molecule has 4 amide bonds. The van der Waals surface area contributed by atoms with E-state index >= 15 is 0 Å². The first-order valence-corrected chi connectivity index (χ1v) is 9.18. The SMILES string of the molecule is CCN1C(=O)COc2ccc(NC(=O)NCCCN3CCNC(=O)C3)cc21.